The van der Waals surface area contributed by atoms with Gasteiger partial charge in [0.25, 0.3) is 5.91 Å². The predicted octanol–water partition coefficient (Wildman–Crippen LogP) is 3.04. The lowest BCUT2D eigenvalue weighted by molar-refractivity contribution is -0.154. The zero-order chi connectivity index (χ0) is 13.8. The molecule has 1 aliphatic rings. The van der Waals surface area contributed by atoms with Crippen LogP contribution in [0.15, 0.2) is 22.7 Å². The van der Waals surface area contributed by atoms with Crippen molar-refractivity contribution in [3.63, 3.8) is 0 Å². The minimum absolute atomic E-state index is 0.00122. The van der Waals surface area contributed by atoms with E-state index in [9.17, 15) is 9.59 Å². The van der Waals surface area contributed by atoms with Crippen molar-refractivity contribution in [1.29, 1.82) is 0 Å². The summed E-state index contributed by atoms with van der Waals surface area (Å²) in [6.45, 7) is 1.75. The van der Waals surface area contributed by atoms with Crippen LogP contribution in [-0.4, -0.2) is 18.5 Å². The highest BCUT2D eigenvalue weighted by Gasteiger charge is 2.27. The number of hydrogen-bond acceptors (Lipinski definition) is 3. The normalized spacial score (nSPS) is 14.6. The highest BCUT2D eigenvalue weighted by molar-refractivity contribution is 9.10. The molecule has 1 N–H and O–H groups in total. The van der Waals surface area contributed by atoms with Gasteiger partial charge in [-0.2, -0.15) is 0 Å². The van der Waals surface area contributed by atoms with Crippen molar-refractivity contribution in [2.75, 3.05) is 11.9 Å². The van der Waals surface area contributed by atoms with E-state index in [1.165, 1.54) is 0 Å². The molecule has 0 spiro atoms. The van der Waals surface area contributed by atoms with Crippen LogP contribution in [0, 0.1) is 12.8 Å². The fourth-order valence-corrected chi connectivity index (χ4v) is 2.14. The first-order valence-corrected chi connectivity index (χ1v) is 7.08. The Morgan fingerprint density at radius 1 is 1.42 bits per heavy atom. The zero-order valence-corrected chi connectivity index (χ0v) is 12.3. The summed E-state index contributed by atoms with van der Waals surface area (Å²) in [5.41, 5.74) is 1.77. The molecule has 102 valence electrons. The van der Waals surface area contributed by atoms with Gasteiger partial charge in [-0.25, -0.2) is 0 Å². The summed E-state index contributed by atoms with van der Waals surface area (Å²) < 4.78 is 5.90. The van der Waals surface area contributed by atoms with Crippen molar-refractivity contribution in [3.8, 4) is 0 Å². The van der Waals surface area contributed by atoms with E-state index in [0.29, 0.717) is 5.69 Å². The second-order valence-electron chi connectivity index (χ2n) is 4.75. The van der Waals surface area contributed by atoms with Crippen LogP contribution < -0.4 is 5.32 Å². The molecule has 0 bridgehead atoms. The summed E-state index contributed by atoms with van der Waals surface area (Å²) in [5, 5.41) is 2.69. The van der Waals surface area contributed by atoms with Gasteiger partial charge in [0, 0.05) is 10.2 Å². The minimum atomic E-state index is -0.316. The Labute approximate surface area is 120 Å². The fourth-order valence-electron chi connectivity index (χ4n) is 1.77. The molecule has 0 saturated heterocycles. The van der Waals surface area contributed by atoms with Crippen LogP contribution in [0.4, 0.5) is 5.69 Å². The third-order valence-corrected chi connectivity index (χ3v) is 4.09. The number of nitrogens with one attached hydrogen (secondary N) is 1. The van der Waals surface area contributed by atoms with Gasteiger partial charge in [-0.15, -0.1) is 0 Å². The number of carbonyl (C=O) groups is 2. The van der Waals surface area contributed by atoms with Gasteiger partial charge < -0.3 is 10.1 Å². The summed E-state index contributed by atoms with van der Waals surface area (Å²) >= 11 is 3.40. The topological polar surface area (TPSA) is 55.4 Å². The highest BCUT2D eigenvalue weighted by Crippen LogP contribution is 2.27. The number of esters is 1. The van der Waals surface area contributed by atoms with Crippen molar-refractivity contribution in [3.05, 3.63) is 28.2 Å². The number of benzene rings is 1. The minimum Gasteiger partial charge on any atom is -0.455 e. The van der Waals surface area contributed by atoms with E-state index in [2.05, 4.69) is 21.2 Å². The molecule has 5 heteroatoms. The SMILES string of the molecule is Cc1ccc(NC(=O)COC(=O)C2CCC2)cc1Br. The number of carbonyl (C=O) groups excluding carboxylic acids is 2. The molecule has 1 saturated carbocycles. The lowest BCUT2D eigenvalue weighted by atomic mass is 9.86. The van der Waals surface area contributed by atoms with Crippen LogP contribution in [0.1, 0.15) is 24.8 Å². The van der Waals surface area contributed by atoms with Crippen LogP contribution in [0.2, 0.25) is 0 Å². The lowest BCUT2D eigenvalue weighted by Gasteiger charge is -2.22. The van der Waals surface area contributed by atoms with Crippen molar-refractivity contribution in [1.82, 2.24) is 0 Å². The van der Waals surface area contributed by atoms with Crippen molar-refractivity contribution < 1.29 is 14.3 Å². The molecule has 1 amide bonds. The monoisotopic (exact) mass is 325 g/mol. The maximum atomic E-state index is 11.6. The maximum Gasteiger partial charge on any atom is 0.309 e. The molecule has 0 radical (unpaired) electrons. The number of hydrogen-bond donors (Lipinski definition) is 1. The molecule has 0 aromatic heterocycles. The van der Waals surface area contributed by atoms with Crippen LogP contribution >= 0.6 is 15.9 Å². The Bertz CT molecular complexity index is 497. The Balaban J connectivity index is 1.80. The molecular formula is C14H16BrNO3. The molecule has 0 heterocycles. The number of amides is 1. The summed E-state index contributed by atoms with van der Waals surface area (Å²) in [6, 6.07) is 5.53. The molecule has 0 unspecified atom stereocenters. The number of halogens is 1. The van der Waals surface area contributed by atoms with E-state index in [1.807, 2.05) is 25.1 Å². The third-order valence-electron chi connectivity index (χ3n) is 3.24. The van der Waals surface area contributed by atoms with Gasteiger partial charge in [0.05, 0.1) is 5.92 Å². The van der Waals surface area contributed by atoms with Crippen LogP contribution in [0.25, 0.3) is 0 Å². The van der Waals surface area contributed by atoms with E-state index in [1.54, 1.807) is 0 Å². The van der Waals surface area contributed by atoms with Crippen molar-refractivity contribution in [2.24, 2.45) is 5.92 Å². The summed E-state index contributed by atoms with van der Waals surface area (Å²) in [5.74, 6) is -0.573. The molecule has 2 rings (SSSR count). The fraction of sp³-hybridized carbons (Fsp3) is 0.429. The quantitative estimate of drug-likeness (QED) is 0.865. The molecule has 19 heavy (non-hydrogen) atoms. The second-order valence-corrected chi connectivity index (χ2v) is 5.60. The van der Waals surface area contributed by atoms with E-state index in [4.69, 9.17) is 4.74 Å². The van der Waals surface area contributed by atoms with E-state index in [0.717, 1.165) is 29.3 Å². The zero-order valence-electron chi connectivity index (χ0n) is 10.7. The maximum absolute atomic E-state index is 11.6. The van der Waals surface area contributed by atoms with Gasteiger partial charge in [0.2, 0.25) is 0 Å². The van der Waals surface area contributed by atoms with Gasteiger partial charge in [-0.1, -0.05) is 28.4 Å². The Morgan fingerprint density at radius 3 is 2.74 bits per heavy atom. The largest absolute Gasteiger partial charge is 0.455 e. The van der Waals surface area contributed by atoms with Gasteiger partial charge in [-0.3, -0.25) is 9.59 Å². The molecule has 4 nitrogen and oxygen atoms in total. The van der Waals surface area contributed by atoms with E-state index in [-0.39, 0.29) is 24.4 Å². The molecule has 0 atom stereocenters. The number of ether oxygens (including phenoxy) is 1. The van der Waals surface area contributed by atoms with E-state index >= 15 is 0 Å². The Hall–Kier alpha value is -1.36. The smallest absolute Gasteiger partial charge is 0.309 e. The highest BCUT2D eigenvalue weighted by atomic mass is 79.9. The first kappa shape index (κ1) is 14.1. The number of rotatable bonds is 4. The molecule has 0 aliphatic heterocycles. The molecule has 1 aromatic rings. The predicted molar refractivity (Wildman–Crippen MR) is 75.8 cm³/mol. The lowest BCUT2D eigenvalue weighted by Crippen LogP contribution is -2.28. The molecule has 1 aliphatic carbocycles. The van der Waals surface area contributed by atoms with E-state index < -0.39 is 0 Å². The summed E-state index contributed by atoms with van der Waals surface area (Å²) in [4.78, 5) is 23.1. The third kappa shape index (κ3) is 3.80. The molecule has 1 fully saturated rings. The van der Waals surface area contributed by atoms with Crippen LogP contribution in [0.3, 0.4) is 0 Å². The van der Waals surface area contributed by atoms with Crippen molar-refractivity contribution in [2.45, 2.75) is 26.2 Å². The van der Waals surface area contributed by atoms with Crippen LogP contribution in [0.5, 0.6) is 0 Å². The molecular weight excluding hydrogens is 310 g/mol. The first-order valence-electron chi connectivity index (χ1n) is 6.29. The number of aryl methyl sites for hydroxylation is 1. The summed E-state index contributed by atoms with van der Waals surface area (Å²) in [6.07, 6.45) is 2.83. The van der Waals surface area contributed by atoms with Gasteiger partial charge in [-0.05, 0) is 37.5 Å². The average Bonchev–Trinajstić information content (AvgIpc) is 2.29. The van der Waals surface area contributed by atoms with Crippen molar-refractivity contribution >= 4 is 33.5 Å². The first-order chi connectivity index (χ1) is 9.06. The second kappa shape index (κ2) is 6.19. The Kier molecular flexibility index (Phi) is 4.58. The summed E-state index contributed by atoms with van der Waals surface area (Å²) in [7, 11) is 0. The van der Waals surface area contributed by atoms with Gasteiger partial charge in [0.1, 0.15) is 0 Å². The van der Waals surface area contributed by atoms with Crippen LogP contribution in [-0.2, 0) is 14.3 Å². The van der Waals surface area contributed by atoms with Gasteiger partial charge >= 0.3 is 5.97 Å². The van der Waals surface area contributed by atoms with Gasteiger partial charge in [0.15, 0.2) is 6.61 Å². The Morgan fingerprint density at radius 2 is 2.16 bits per heavy atom. The standard InChI is InChI=1S/C14H16BrNO3/c1-9-5-6-11(7-12(9)15)16-13(17)8-19-14(18)10-3-2-4-10/h5-7,10H,2-4,8H2,1H3,(H,16,17). The number of anilines is 1. The molecule has 1 aromatic carbocycles. The average molecular weight is 326 g/mol.